The summed E-state index contributed by atoms with van der Waals surface area (Å²) in [5.41, 5.74) is -0.936. The average Bonchev–Trinajstić information content (AvgIpc) is 2.26. The van der Waals surface area contributed by atoms with Gasteiger partial charge in [-0.3, -0.25) is 0 Å². The number of carboxylic acids is 1. The molecule has 2 fully saturated rings. The maximum Gasteiger partial charge on any atom is 0.329 e. The summed E-state index contributed by atoms with van der Waals surface area (Å²) in [6.45, 7) is 4.32. The lowest BCUT2D eigenvalue weighted by Crippen LogP contribution is -2.63. The van der Waals surface area contributed by atoms with E-state index in [9.17, 15) is 14.7 Å². The fourth-order valence-electron chi connectivity index (χ4n) is 3.10. The summed E-state index contributed by atoms with van der Waals surface area (Å²) < 4.78 is 0. The van der Waals surface area contributed by atoms with Crippen molar-refractivity contribution in [2.24, 2.45) is 5.41 Å². The molecule has 0 aromatic rings. The lowest BCUT2D eigenvalue weighted by molar-refractivity contribution is -0.148. The molecule has 2 rings (SSSR count). The van der Waals surface area contributed by atoms with E-state index in [1.165, 1.54) is 6.42 Å². The van der Waals surface area contributed by atoms with E-state index in [0.717, 1.165) is 25.7 Å². The highest BCUT2D eigenvalue weighted by Gasteiger charge is 2.46. The molecule has 2 amide bonds. The topological polar surface area (TPSA) is 78.4 Å². The molecule has 5 nitrogen and oxygen atoms in total. The van der Waals surface area contributed by atoms with Crippen molar-refractivity contribution in [3.05, 3.63) is 0 Å². The Balaban J connectivity index is 1.92. The molecule has 0 radical (unpaired) electrons. The van der Waals surface area contributed by atoms with Gasteiger partial charge in [-0.15, -0.1) is 0 Å². The summed E-state index contributed by atoms with van der Waals surface area (Å²) in [5, 5.41) is 14.8. The van der Waals surface area contributed by atoms with Crippen molar-refractivity contribution >= 4 is 12.0 Å². The Morgan fingerprint density at radius 2 is 1.79 bits per heavy atom. The SMILES string of the molecule is CC1(C)CCCCC1NC(=O)NC1(C(=O)O)CCC1. The molecule has 0 saturated heterocycles. The van der Waals surface area contributed by atoms with Gasteiger partial charge in [-0.05, 0) is 37.5 Å². The van der Waals surface area contributed by atoms with Crippen LogP contribution in [0, 0.1) is 5.41 Å². The predicted octanol–water partition coefficient (Wildman–Crippen LogP) is 2.26. The van der Waals surface area contributed by atoms with Gasteiger partial charge in [-0.25, -0.2) is 9.59 Å². The third-order valence-electron chi connectivity index (χ3n) is 4.78. The first-order chi connectivity index (χ1) is 8.86. The number of amides is 2. The van der Waals surface area contributed by atoms with Gasteiger partial charge in [-0.2, -0.15) is 0 Å². The molecule has 0 bridgehead atoms. The Kier molecular flexibility index (Phi) is 3.74. The molecule has 2 aliphatic carbocycles. The van der Waals surface area contributed by atoms with Gasteiger partial charge in [0.05, 0.1) is 0 Å². The number of carboxylic acid groups (broad SMARTS) is 1. The molecule has 0 aromatic heterocycles. The largest absolute Gasteiger partial charge is 0.480 e. The van der Waals surface area contributed by atoms with Crippen molar-refractivity contribution in [3.8, 4) is 0 Å². The predicted molar refractivity (Wildman–Crippen MR) is 71.9 cm³/mol. The Morgan fingerprint density at radius 1 is 1.11 bits per heavy atom. The minimum atomic E-state index is -1.02. The monoisotopic (exact) mass is 268 g/mol. The van der Waals surface area contributed by atoms with Gasteiger partial charge in [0.25, 0.3) is 0 Å². The van der Waals surface area contributed by atoms with Crippen LogP contribution in [0.3, 0.4) is 0 Å². The van der Waals surface area contributed by atoms with Gasteiger partial charge in [-0.1, -0.05) is 26.7 Å². The third kappa shape index (κ3) is 2.85. The van der Waals surface area contributed by atoms with Crippen molar-refractivity contribution in [2.45, 2.75) is 70.4 Å². The summed E-state index contributed by atoms with van der Waals surface area (Å²) in [6.07, 6.45) is 6.32. The minimum absolute atomic E-state index is 0.0889. The second kappa shape index (κ2) is 5.02. The van der Waals surface area contributed by atoms with Crippen molar-refractivity contribution in [1.82, 2.24) is 10.6 Å². The molecule has 1 atom stereocenters. The molecule has 0 aliphatic heterocycles. The second-order valence-corrected chi connectivity index (χ2v) is 6.63. The third-order valence-corrected chi connectivity index (χ3v) is 4.78. The second-order valence-electron chi connectivity index (χ2n) is 6.63. The number of rotatable bonds is 3. The van der Waals surface area contributed by atoms with E-state index < -0.39 is 11.5 Å². The molecule has 0 aromatic carbocycles. The first-order valence-electron chi connectivity index (χ1n) is 7.18. The van der Waals surface area contributed by atoms with Crippen LogP contribution in [-0.2, 0) is 4.79 Å². The first kappa shape index (κ1) is 14.2. The summed E-state index contributed by atoms with van der Waals surface area (Å²) in [7, 11) is 0. The van der Waals surface area contributed by atoms with E-state index in [1.54, 1.807) is 0 Å². The summed E-state index contributed by atoms with van der Waals surface area (Å²) in [5.74, 6) is -0.920. The van der Waals surface area contributed by atoms with Gasteiger partial charge >= 0.3 is 12.0 Å². The van der Waals surface area contributed by atoms with E-state index in [1.807, 2.05) is 0 Å². The van der Waals surface area contributed by atoms with E-state index in [0.29, 0.717) is 12.8 Å². The van der Waals surface area contributed by atoms with Crippen LogP contribution in [0.2, 0.25) is 0 Å². The van der Waals surface area contributed by atoms with Gasteiger partial charge in [0.1, 0.15) is 5.54 Å². The maximum atomic E-state index is 12.0. The number of hydrogen-bond acceptors (Lipinski definition) is 2. The Labute approximate surface area is 114 Å². The van der Waals surface area contributed by atoms with Gasteiger partial charge in [0, 0.05) is 6.04 Å². The lowest BCUT2D eigenvalue weighted by atomic mass is 9.73. The van der Waals surface area contributed by atoms with Gasteiger partial charge in [0.15, 0.2) is 0 Å². The zero-order chi connectivity index (χ0) is 14.1. The van der Waals surface area contributed by atoms with Crippen LogP contribution < -0.4 is 10.6 Å². The minimum Gasteiger partial charge on any atom is -0.480 e. The highest BCUT2D eigenvalue weighted by molar-refractivity contribution is 5.87. The van der Waals surface area contributed by atoms with E-state index in [4.69, 9.17) is 0 Å². The molecule has 19 heavy (non-hydrogen) atoms. The highest BCUT2D eigenvalue weighted by atomic mass is 16.4. The molecule has 3 N–H and O–H groups in total. The van der Waals surface area contributed by atoms with Crippen molar-refractivity contribution in [3.63, 3.8) is 0 Å². The van der Waals surface area contributed by atoms with Crippen molar-refractivity contribution < 1.29 is 14.7 Å². The zero-order valence-corrected chi connectivity index (χ0v) is 11.8. The highest BCUT2D eigenvalue weighted by Crippen LogP contribution is 2.36. The Hall–Kier alpha value is -1.26. The lowest BCUT2D eigenvalue weighted by Gasteiger charge is -2.41. The number of aliphatic carboxylic acids is 1. The fourth-order valence-corrected chi connectivity index (χ4v) is 3.10. The summed E-state index contributed by atoms with van der Waals surface area (Å²) >= 11 is 0. The summed E-state index contributed by atoms with van der Waals surface area (Å²) in [6, 6.07) is -0.200. The van der Waals surface area contributed by atoms with Crippen LogP contribution in [0.15, 0.2) is 0 Å². The Morgan fingerprint density at radius 3 is 2.26 bits per heavy atom. The normalized spacial score (nSPS) is 28.0. The molecule has 108 valence electrons. The molecule has 0 spiro atoms. The number of urea groups is 1. The number of carbonyl (C=O) groups is 2. The number of carbonyl (C=O) groups excluding carboxylic acids is 1. The van der Waals surface area contributed by atoms with Crippen LogP contribution in [0.1, 0.15) is 58.8 Å². The van der Waals surface area contributed by atoms with Crippen LogP contribution in [0.5, 0.6) is 0 Å². The van der Waals surface area contributed by atoms with E-state index in [-0.39, 0.29) is 17.5 Å². The standard InChI is InChI=1S/C14H24N2O3/c1-13(2)7-4-3-6-10(13)15-12(19)16-14(11(17)18)8-5-9-14/h10H,3-9H2,1-2H3,(H,17,18)(H2,15,16,19). The van der Waals surface area contributed by atoms with E-state index in [2.05, 4.69) is 24.5 Å². The van der Waals surface area contributed by atoms with Crippen LogP contribution in [0.25, 0.3) is 0 Å². The van der Waals surface area contributed by atoms with Gasteiger partial charge in [0.2, 0.25) is 0 Å². The molecule has 2 saturated carbocycles. The quantitative estimate of drug-likeness (QED) is 0.734. The molecule has 2 aliphatic rings. The van der Waals surface area contributed by atoms with Crippen molar-refractivity contribution in [2.75, 3.05) is 0 Å². The van der Waals surface area contributed by atoms with Gasteiger partial charge < -0.3 is 15.7 Å². The van der Waals surface area contributed by atoms with Crippen LogP contribution >= 0.6 is 0 Å². The summed E-state index contributed by atoms with van der Waals surface area (Å²) in [4.78, 5) is 23.2. The van der Waals surface area contributed by atoms with Crippen LogP contribution in [-0.4, -0.2) is 28.7 Å². The molecule has 1 unspecified atom stereocenters. The van der Waals surface area contributed by atoms with Crippen molar-refractivity contribution in [1.29, 1.82) is 0 Å². The van der Waals surface area contributed by atoms with Crippen LogP contribution in [0.4, 0.5) is 4.79 Å². The smallest absolute Gasteiger partial charge is 0.329 e. The molecular weight excluding hydrogens is 244 g/mol. The fraction of sp³-hybridized carbons (Fsp3) is 0.857. The number of hydrogen-bond donors (Lipinski definition) is 3. The molecule has 0 heterocycles. The zero-order valence-electron chi connectivity index (χ0n) is 11.8. The Bertz CT molecular complexity index is 375. The first-order valence-corrected chi connectivity index (χ1v) is 7.18. The molecule has 5 heteroatoms. The van der Waals surface area contributed by atoms with E-state index >= 15 is 0 Å². The molecular formula is C14H24N2O3. The maximum absolute atomic E-state index is 12.0. The average molecular weight is 268 g/mol. The number of nitrogens with one attached hydrogen (secondary N) is 2.